The molecule has 16 heavy (non-hydrogen) atoms. The van der Waals surface area contributed by atoms with Crippen LogP contribution in [0.1, 0.15) is 18.4 Å². The quantitative estimate of drug-likeness (QED) is 0.896. The van der Waals surface area contributed by atoms with Crippen LogP contribution < -0.4 is 5.32 Å². The molecule has 0 radical (unpaired) electrons. The van der Waals surface area contributed by atoms with Gasteiger partial charge in [-0.05, 0) is 43.0 Å². The van der Waals surface area contributed by atoms with Crippen molar-refractivity contribution < 1.29 is 5.11 Å². The fourth-order valence-electron chi connectivity index (χ4n) is 1.94. The van der Waals surface area contributed by atoms with Crippen LogP contribution in [0, 0.1) is 5.92 Å². The molecule has 0 unspecified atom stereocenters. The highest BCUT2D eigenvalue weighted by Gasteiger charge is 2.26. The van der Waals surface area contributed by atoms with Crippen molar-refractivity contribution in [2.45, 2.75) is 25.5 Å². The van der Waals surface area contributed by atoms with Crippen LogP contribution in [-0.2, 0) is 6.54 Å². The third-order valence-corrected chi connectivity index (χ3v) is 3.95. The molecule has 0 atom stereocenters. The lowest BCUT2D eigenvalue weighted by Crippen LogP contribution is -2.35. The van der Waals surface area contributed by atoms with Gasteiger partial charge in [-0.3, -0.25) is 0 Å². The standard InChI is InChI=1S/C12H15BrClNO/c13-12-5-10(14)2-1-9(12)7-15-6-8-3-11(16)4-8/h1-2,5,8,11,15-16H,3-4,6-7H2. The fraction of sp³-hybridized carbons (Fsp3) is 0.500. The second kappa shape index (κ2) is 5.50. The minimum absolute atomic E-state index is 0.0610. The molecule has 0 heterocycles. The first-order valence-electron chi connectivity index (χ1n) is 5.48. The van der Waals surface area contributed by atoms with Gasteiger partial charge in [-0.1, -0.05) is 33.6 Å². The Morgan fingerprint density at radius 3 is 2.81 bits per heavy atom. The van der Waals surface area contributed by atoms with Gasteiger partial charge in [0.05, 0.1) is 6.10 Å². The minimum atomic E-state index is -0.0610. The monoisotopic (exact) mass is 303 g/mol. The van der Waals surface area contributed by atoms with Gasteiger partial charge in [-0.15, -0.1) is 0 Å². The summed E-state index contributed by atoms with van der Waals surface area (Å²) in [5.41, 5.74) is 1.21. The molecule has 0 aromatic heterocycles. The number of hydrogen-bond donors (Lipinski definition) is 2. The Hall–Kier alpha value is -0.0900. The number of halogens is 2. The summed E-state index contributed by atoms with van der Waals surface area (Å²) in [4.78, 5) is 0. The van der Waals surface area contributed by atoms with E-state index in [1.54, 1.807) is 0 Å². The summed E-state index contributed by atoms with van der Waals surface area (Å²) in [5, 5.41) is 13.3. The van der Waals surface area contributed by atoms with E-state index >= 15 is 0 Å². The van der Waals surface area contributed by atoms with Gasteiger partial charge in [0.1, 0.15) is 0 Å². The first kappa shape index (κ1) is 12.4. The van der Waals surface area contributed by atoms with E-state index in [1.807, 2.05) is 18.2 Å². The lowest BCUT2D eigenvalue weighted by molar-refractivity contribution is 0.0429. The van der Waals surface area contributed by atoms with E-state index < -0.39 is 0 Å². The lowest BCUT2D eigenvalue weighted by atomic mass is 9.82. The van der Waals surface area contributed by atoms with E-state index in [-0.39, 0.29) is 6.10 Å². The Morgan fingerprint density at radius 1 is 1.44 bits per heavy atom. The third kappa shape index (κ3) is 3.20. The molecule has 88 valence electrons. The van der Waals surface area contributed by atoms with Crippen LogP contribution in [0.2, 0.25) is 5.02 Å². The van der Waals surface area contributed by atoms with E-state index in [9.17, 15) is 0 Å². The molecule has 1 aromatic carbocycles. The van der Waals surface area contributed by atoms with Crippen molar-refractivity contribution in [2.24, 2.45) is 5.92 Å². The second-order valence-electron chi connectivity index (χ2n) is 4.36. The first-order valence-corrected chi connectivity index (χ1v) is 6.65. The molecule has 4 heteroatoms. The average Bonchev–Trinajstić information content (AvgIpc) is 2.18. The Bertz CT molecular complexity index is 366. The summed E-state index contributed by atoms with van der Waals surface area (Å²) in [6.45, 7) is 1.82. The van der Waals surface area contributed by atoms with Gasteiger partial charge >= 0.3 is 0 Å². The predicted molar refractivity (Wildman–Crippen MR) is 69.6 cm³/mol. The molecule has 2 rings (SSSR count). The summed E-state index contributed by atoms with van der Waals surface area (Å²) in [6.07, 6.45) is 1.82. The molecule has 0 saturated heterocycles. The molecule has 1 aliphatic rings. The summed E-state index contributed by atoms with van der Waals surface area (Å²) < 4.78 is 1.04. The molecule has 0 amide bonds. The van der Waals surface area contributed by atoms with Gasteiger partial charge in [0.15, 0.2) is 0 Å². The minimum Gasteiger partial charge on any atom is -0.393 e. The molecule has 2 nitrogen and oxygen atoms in total. The summed E-state index contributed by atoms with van der Waals surface area (Å²) in [5.74, 6) is 0.640. The SMILES string of the molecule is OC1CC(CNCc2ccc(Cl)cc2Br)C1. The van der Waals surface area contributed by atoms with E-state index in [0.717, 1.165) is 35.4 Å². The summed E-state index contributed by atoms with van der Waals surface area (Å²) >= 11 is 9.36. The topological polar surface area (TPSA) is 32.3 Å². The average molecular weight is 305 g/mol. The number of nitrogens with one attached hydrogen (secondary N) is 1. The normalized spacial score (nSPS) is 24.2. The van der Waals surface area contributed by atoms with Crippen LogP contribution in [0.4, 0.5) is 0 Å². The zero-order chi connectivity index (χ0) is 11.5. The largest absolute Gasteiger partial charge is 0.393 e. The zero-order valence-corrected chi connectivity index (χ0v) is 11.3. The van der Waals surface area contributed by atoms with E-state index in [0.29, 0.717) is 5.92 Å². The summed E-state index contributed by atoms with van der Waals surface area (Å²) in [7, 11) is 0. The summed E-state index contributed by atoms with van der Waals surface area (Å²) in [6, 6.07) is 5.83. The molecule has 1 aromatic rings. The van der Waals surface area contributed by atoms with Crippen LogP contribution in [0.5, 0.6) is 0 Å². The maximum Gasteiger partial charge on any atom is 0.0546 e. The van der Waals surface area contributed by atoms with Gasteiger partial charge in [-0.25, -0.2) is 0 Å². The van der Waals surface area contributed by atoms with Crippen molar-refractivity contribution in [3.05, 3.63) is 33.3 Å². The molecule has 1 fully saturated rings. The molecule has 0 bridgehead atoms. The molecule has 1 saturated carbocycles. The molecular weight excluding hydrogens is 289 g/mol. The van der Waals surface area contributed by atoms with Gasteiger partial charge in [0.2, 0.25) is 0 Å². The highest BCUT2D eigenvalue weighted by Crippen LogP contribution is 2.26. The maximum absolute atomic E-state index is 9.16. The number of rotatable bonds is 4. The van der Waals surface area contributed by atoms with E-state index in [4.69, 9.17) is 16.7 Å². The third-order valence-electron chi connectivity index (χ3n) is 2.97. The van der Waals surface area contributed by atoms with Gasteiger partial charge in [0, 0.05) is 16.0 Å². The smallest absolute Gasteiger partial charge is 0.0546 e. The fourth-order valence-corrected chi connectivity index (χ4v) is 2.77. The van der Waals surface area contributed by atoms with Crippen LogP contribution in [-0.4, -0.2) is 17.8 Å². The molecule has 0 aliphatic heterocycles. The van der Waals surface area contributed by atoms with Crippen molar-refractivity contribution in [1.29, 1.82) is 0 Å². The highest BCUT2D eigenvalue weighted by molar-refractivity contribution is 9.10. The van der Waals surface area contributed by atoms with Gasteiger partial charge in [-0.2, -0.15) is 0 Å². The molecule has 1 aliphatic carbocycles. The van der Waals surface area contributed by atoms with Crippen LogP contribution in [0.3, 0.4) is 0 Å². The van der Waals surface area contributed by atoms with Crippen LogP contribution in [0.25, 0.3) is 0 Å². The second-order valence-corrected chi connectivity index (χ2v) is 5.65. The van der Waals surface area contributed by atoms with E-state index in [2.05, 4.69) is 21.2 Å². The molecule has 0 spiro atoms. The van der Waals surface area contributed by atoms with Crippen molar-refractivity contribution in [2.75, 3.05) is 6.54 Å². The predicted octanol–water partition coefficient (Wildman–Crippen LogP) is 2.96. The Morgan fingerprint density at radius 2 is 2.19 bits per heavy atom. The number of aliphatic hydroxyl groups is 1. The van der Waals surface area contributed by atoms with Crippen LogP contribution in [0.15, 0.2) is 22.7 Å². The van der Waals surface area contributed by atoms with Gasteiger partial charge in [0.25, 0.3) is 0 Å². The van der Waals surface area contributed by atoms with Crippen molar-refractivity contribution >= 4 is 27.5 Å². The van der Waals surface area contributed by atoms with Crippen molar-refractivity contribution in [1.82, 2.24) is 5.32 Å². The zero-order valence-electron chi connectivity index (χ0n) is 8.92. The number of benzene rings is 1. The van der Waals surface area contributed by atoms with Crippen molar-refractivity contribution in [3.8, 4) is 0 Å². The Kier molecular flexibility index (Phi) is 4.25. The molecule has 2 N–H and O–H groups in total. The lowest BCUT2D eigenvalue weighted by Gasteiger charge is -2.31. The highest BCUT2D eigenvalue weighted by atomic mass is 79.9. The molecular formula is C12H15BrClNO. The van der Waals surface area contributed by atoms with Crippen LogP contribution >= 0.6 is 27.5 Å². The van der Waals surface area contributed by atoms with Crippen molar-refractivity contribution in [3.63, 3.8) is 0 Å². The Labute approximate surface area is 109 Å². The first-order chi connectivity index (χ1) is 7.65. The van der Waals surface area contributed by atoms with E-state index in [1.165, 1.54) is 5.56 Å². The Balaban J connectivity index is 1.76. The maximum atomic E-state index is 9.16. The van der Waals surface area contributed by atoms with Gasteiger partial charge < -0.3 is 10.4 Å². The number of aliphatic hydroxyl groups excluding tert-OH is 1. The number of hydrogen-bond acceptors (Lipinski definition) is 2.